The smallest absolute Gasteiger partial charge is 0.313 e. The minimum atomic E-state index is 0.0561. The van der Waals surface area contributed by atoms with Crippen LogP contribution in [0.3, 0.4) is 0 Å². The van der Waals surface area contributed by atoms with E-state index >= 15 is 0 Å². The minimum Gasteiger partial charge on any atom is -0.407 e. The molecule has 0 saturated heterocycles. The Bertz CT molecular complexity index is 470. The Labute approximate surface area is 94.2 Å². The van der Waals surface area contributed by atoms with Gasteiger partial charge in [0, 0.05) is 10.0 Å². The maximum Gasteiger partial charge on any atom is 0.313 e. The van der Waals surface area contributed by atoms with E-state index in [1.54, 1.807) is 0 Å². The topological polar surface area (TPSA) is 38.9 Å². The number of hydrogen-bond acceptors (Lipinski definition) is 3. The maximum atomic E-state index is 5.53. The van der Waals surface area contributed by atoms with Gasteiger partial charge in [0.25, 0.3) is 0 Å². The molecule has 0 aliphatic heterocycles. The van der Waals surface area contributed by atoms with E-state index in [9.17, 15) is 0 Å². The van der Waals surface area contributed by atoms with Gasteiger partial charge in [-0.25, -0.2) is 0 Å². The van der Waals surface area contributed by atoms with Gasteiger partial charge in [0.1, 0.15) is 0 Å². The molecule has 0 atom stereocenters. The largest absolute Gasteiger partial charge is 0.407 e. The van der Waals surface area contributed by atoms with E-state index in [1.807, 2.05) is 25.1 Å². The molecule has 2 aromatic rings. The second-order valence-corrected chi connectivity index (χ2v) is 4.00. The number of aromatic nitrogens is 2. The summed E-state index contributed by atoms with van der Waals surface area (Å²) in [6, 6.07) is 5.78. The van der Waals surface area contributed by atoms with E-state index in [4.69, 9.17) is 16.0 Å². The summed E-state index contributed by atoms with van der Waals surface area (Å²) in [4.78, 5) is 0. The van der Waals surface area contributed by atoms with Crippen LogP contribution in [0.4, 0.5) is 0 Å². The number of rotatable bonds is 1. The van der Waals surface area contributed by atoms with Gasteiger partial charge in [0.2, 0.25) is 5.89 Å². The van der Waals surface area contributed by atoms with Crippen LogP contribution in [-0.2, 0) is 0 Å². The molecule has 0 bridgehead atoms. The second-order valence-electron chi connectivity index (χ2n) is 2.82. The molecule has 0 aliphatic rings. The summed E-state index contributed by atoms with van der Waals surface area (Å²) in [5.74, 6) is 0.436. The number of benzene rings is 1. The molecule has 0 radical (unpaired) electrons. The molecule has 14 heavy (non-hydrogen) atoms. The summed E-state index contributed by atoms with van der Waals surface area (Å²) in [5.41, 5.74) is 1.97. The van der Waals surface area contributed by atoms with E-state index in [0.717, 1.165) is 15.6 Å². The third-order valence-corrected chi connectivity index (χ3v) is 2.85. The van der Waals surface area contributed by atoms with E-state index in [1.165, 1.54) is 0 Å². The lowest BCUT2D eigenvalue weighted by Crippen LogP contribution is -1.81. The standard InChI is InChI=1S/C9H6BrClN2O/c1-5-4-6(2-3-7(5)10)8-12-13-9(11)14-8/h2-4H,1H3. The molecule has 0 fully saturated rings. The fourth-order valence-electron chi connectivity index (χ4n) is 1.10. The fourth-order valence-corrected chi connectivity index (χ4v) is 1.46. The van der Waals surface area contributed by atoms with Crippen molar-refractivity contribution in [2.75, 3.05) is 0 Å². The summed E-state index contributed by atoms with van der Waals surface area (Å²) in [7, 11) is 0. The zero-order chi connectivity index (χ0) is 10.1. The van der Waals surface area contributed by atoms with Gasteiger partial charge in [0.15, 0.2) is 0 Å². The summed E-state index contributed by atoms with van der Waals surface area (Å²) < 4.78 is 6.14. The Balaban J connectivity index is 2.47. The van der Waals surface area contributed by atoms with Crippen molar-refractivity contribution in [1.29, 1.82) is 0 Å². The maximum absolute atomic E-state index is 5.53. The second kappa shape index (κ2) is 3.71. The zero-order valence-corrected chi connectivity index (χ0v) is 9.63. The molecule has 0 amide bonds. The molecule has 0 unspecified atom stereocenters. The molecular weight excluding hydrogens is 267 g/mol. The van der Waals surface area contributed by atoms with Crippen molar-refractivity contribution in [3.05, 3.63) is 33.6 Å². The van der Waals surface area contributed by atoms with Gasteiger partial charge in [-0.15, -0.1) is 5.10 Å². The Hall–Kier alpha value is -0.870. The molecule has 0 aliphatic carbocycles. The van der Waals surface area contributed by atoms with Crippen LogP contribution in [0.25, 0.3) is 11.5 Å². The van der Waals surface area contributed by atoms with Crippen LogP contribution in [0, 0.1) is 6.92 Å². The highest BCUT2D eigenvalue weighted by molar-refractivity contribution is 9.10. The number of halogens is 2. The number of aryl methyl sites for hydroxylation is 1. The predicted molar refractivity (Wildman–Crippen MR) is 57.2 cm³/mol. The monoisotopic (exact) mass is 272 g/mol. The van der Waals surface area contributed by atoms with Crippen LogP contribution in [-0.4, -0.2) is 10.2 Å². The van der Waals surface area contributed by atoms with Crippen molar-refractivity contribution >= 4 is 27.5 Å². The Morgan fingerprint density at radius 2 is 2.14 bits per heavy atom. The van der Waals surface area contributed by atoms with Crippen molar-refractivity contribution in [3.8, 4) is 11.5 Å². The van der Waals surface area contributed by atoms with Crippen molar-refractivity contribution in [1.82, 2.24) is 10.2 Å². The van der Waals surface area contributed by atoms with Gasteiger partial charge in [-0.1, -0.05) is 21.0 Å². The highest BCUT2D eigenvalue weighted by atomic mass is 79.9. The molecular formula is C9H6BrClN2O. The third-order valence-electron chi connectivity index (χ3n) is 1.81. The Morgan fingerprint density at radius 1 is 1.36 bits per heavy atom. The summed E-state index contributed by atoms with van der Waals surface area (Å²) in [5, 5.41) is 7.43. The molecule has 1 heterocycles. The molecule has 2 rings (SSSR count). The van der Waals surface area contributed by atoms with E-state index in [2.05, 4.69) is 26.1 Å². The van der Waals surface area contributed by atoms with Gasteiger partial charge in [-0.3, -0.25) is 0 Å². The first kappa shape index (κ1) is 9.68. The van der Waals surface area contributed by atoms with Crippen molar-refractivity contribution in [2.24, 2.45) is 0 Å². The van der Waals surface area contributed by atoms with Gasteiger partial charge in [0.05, 0.1) is 0 Å². The number of nitrogens with zero attached hydrogens (tertiary/aromatic N) is 2. The lowest BCUT2D eigenvalue weighted by atomic mass is 10.1. The fraction of sp³-hybridized carbons (Fsp3) is 0.111. The van der Waals surface area contributed by atoms with Crippen LogP contribution < -0.4 is 0 Å². The van der Waals surface area contributed by atoms with Crippen LogP contribution in [0.15, 0.2) is 27.1 Å². The lowest BCUT2D eigenvalue weighted by molar-refractivity contribution is 0.571. The van der Waals surface area contributed by atoms with Crippen LogP contribution in [0.2, 0.25) is 5.35 Å². The van der Waals surface area contributed by atoms with Gasteiger partial charge >= 0.3 is 5.35 Å². The van der Waals surface area contributed by atoms with Crippen molar-refractivity contribution in [3.63, 3.8) is 0 Å². The Morgan fingerprint density at radius 3 is 2.71 bits per heavy atom. The van der Waals surface area contributed by atoms with Gasteiger partial charge < -0.3 is 4.42 Å². The normalized spacial score (nSPS) is 10.5. The summed E-state index contributed by atoms with van der Waals surface area (Å²) >= 11 is 8.95. The van der Waals surface area contributed by atoms with E-state index < -0.39 is 0 Å². The quantitative estimate of drug-likeness (QED) is 0.798. The molecule has 0 N–H and O–H groups in total. The van der Waals surface area contributed by atoms with Gasteiger partial charge in [-0.2, -0.15) is 0 Å². The molecule has 72 valence electrons. The molecule has 0 saturated carbocycles. The van der Waals surface area contributed by atoms with Crippen LogP contribution >= 0.6 is 27.5 Å². The zero-order valence-electron chi connectivity index (χ0n) is 7.29. The lowest BCUT2D eigenvalue weighted by Gasteiger charge is -1.99. The molecule has 0 spiro atoms. The average Bonchev–Trinajstić information content (AvgIpc) is 2.57. The van der Waals surface area contributed by atoms with E-state index in [0.29, 0.717) is 5.89 Å². The van der Waals surface area contributed by atoms with Crippen LogP contribution in [0.5, 0.6) is 0 Å². The van der Waals surface area contributed by atoms with E-state index in [-0.39, 0.29) is 5.35 Å². The van der Waals surface area contributed by atoms with Crippen molar-refractivity contribution < 1.29 is 4.42 Å². The van der Waals surface area contributed by atoms with Crippen LogP contribution in [0.1, 0.15) is 5.56 Å². The molecule has 3 nitrogen and oxygen atoms in total. The molecule has 1 aromatic carbocycles. The highest BCUT2D eigenvalue weighted by Crippen LogP contribution is 2.24. The Kier molecular flexibility index (Phi) is 2.56. The first-order valence-electron chi connectivity index (χ1n) is 3.92. The number of hydrogen-bond donors (Lipinski definition) is 0. The van der Waals surface area contributed by atoms with Crippen molar-refractivity contribution in [2.45, 2.75) is 6.92 Å². The predicted octanol–water partition coefficient (Wildman–Crippen LogP) is 3.46. The first-order chi connectivity index (χ1) is 6.66. The first-order valence-corrected chi connectivity index (χ1v) is 5.09. The molecule has 1 aromatic heterocycles. The third kappa shape index (κ3) is 1.81. The average molecular weight is 274 g/mol. The van der Waals surface area contributed by atoms with Gasteiger partial charge in [-0.05, 0) is 42.3 Å². The SMILES string of the molecule is Cc1cc(-c2nnc(Cl)o2)ccc1Br. The minimum absolute atomic E-state index is 0.0561. The molecule has 5 heteroatoms. The summed E-state index contributed by atoms with van der Waals surface area (Å²) in [6.07, 6.45) is 0. The highest BCUT2D eigenvalue weighted by Gasteiger charge is 2.07. The summed E-state index contributed by atoms with van der Waals surface area (Å²) in [6.45, 7) is 1.99.